The van der Waals surface area contributed by atoms with Crippen LogP contribution in [0.15, 0.2) is 0 Å². The first-order valence-corrected chi connectivity index (χ1v) is 19.5. The minimum absolute atomic E-state index is 0.0131. The lowest BCUT2D eigenvalue weighted by atomic mass is 10.0. The number of aliphatic hydroxyl groups excluding tert-OH is 12. The zero-order valence-electron chi connectivity index (χ0n) is 33.7. The summed E-state index contributed by atoms with van der Waals surface area (Å²) in [7, 11) is 1.84. The van der Waals surface area contributed by atoms with Crippen LogP contribution in [0.2, 0.25) is 0 Å². The maximum Gasteiger partial charge on any atom is 0.111 e. The SMILES string of the molecule is CNCCOCCOCC(O)COCCOCCOCC(O)COCCOCCOCCOCCN(C[C@H](O)[C@@H](O)[C@H](O)[C@H](O)CO)C[C@H](O)[C@@H](O)[C@H](O)[C@H](O)CO. The largest absolute Gasteiger partial charge is 0.394 e. The van der Waals surface area contributed by atoms with E-state index in [1.54, 1.807) is 0 Å². The van der Waals surface area contributed by atoms with Crippen LogP contribution in [0.4, 0.5) is 0 Å². The standard InChI is InChI=1S/C35H74N2O21/c1-36-2-4-50-10-14-55-22-26(40)23-57-16-12-54-13-17-58-25-27(41)24-56-15-11-53-9-8-52-7-6-51-5-3-37(18-28(42)32(46)34(48)30(44)20-38)19-29(43)33(47)35(49)31(45)21-39/h26-36,38-49H,2-25H2,1H3/t26?,27?,28-,29-,30+,31+,32+,33+,34+,35+/m0/s1. The summed E-state index contributed by atoms with van der Waals surface area (Å²) in [5.41, 5.74) is 0. The van der Waals surface area contributed by atoms with E-state index in [2.05, 4.69) is 5.32 Å². The van der Waals surface area contributed by atoms with Gasteiger partial charge in [0.25, 0.3) is 0 Å². The van der Waals surface area contributed by atoms with Gasteiger partial charge in [0.05, 0.1) is 144 Å². The summed E-state index contributed by atoms with van der Waals surface area (Å²) < 4.78 is 48.5. The monoisotopic (exact) mass is 858 g/mol. The van der Waals surface area contributed by atoms with Gasteiger partial charge in [0, 0.05) is 26.2 Å². The molecule has 10 atom stereocenters. The number of aliphatic hydroxyl groups is 12. The molecule has 2 unspecified atom stereocenters. The summed E-state index contributed by atoms with van der Waals surface area (Å²) in [5, 5.41) is 121. The van der Waals surface area contributed by atoms with Crippen LogP contribution in [0, 0.1) is 0 Å². The first kappa shape index (κ1) is 57.1. The van der Waals surface area contributed by atoms with Gasteiger partial charge in [-0.1, -0.05) is 0 Å². The molecule has 23 nitrogen and oxygen atoms in total. The van der Waals surface area contributed by atoms with Gasteiger partial charge < -0.3 is 109 Å². The number of ether oxygens (including phenoxy) is 9. The molecule has 0 bridgehead atoms. The van der Waals surface area contributed by atoms with Crippen molar-refractivity contribution in [3.8, 4) is 0 Å². The van der Waals surface area contributed by atoms with Gasteiger partial charge in [-0.05, 0) is 7.05 Å². The third-order valence-corrected chi connectivity index (χ3v) is 8.06. The van der Waals surface area contributed by atoms with Crippen molar-refractivity contribution >= 4 is 0 Å². The molecular weight excluding hydrogens is 784 g/mol. The molecule has 0 rings (SSSR count). The average molecular weight is 859 g/mol. The number of nitrogens with zero attached hydrogens (tertiary/aromatic N) is 1. The summed E-state index contributed by atoms with van der Waals surface area (Å²) in [4.78, 5) is 1.33. The Bertz CT molecular complexity index is 849. The van der Waals surface area contributed by atoms with Crippen LogP contribution in [-0.2, 0) is 42.6 Å². The number of hydrogen-bond donors (Lipinski definition) is 13. The zero-order chi connectivity index (χ0) is 43.4. The molecular formula is C35H74N2O21. The Morgan fingerprint density at radius 1 is 0.379 bits per heavy atom. The zero-order valence-corrected chi connectivity index (χ0v) is 33.7. The summed E-state index contributed by atoms with van der Waals surface area (Å²) in [6, 6.07) is 0. The van der Waals surface area contributed by atoms with Crippen LogP contribution in [0.5, 0.6) is 0 Å². The number of rotatable bonds is 44. The molecule has 0 saturated heterocycles. The highest BCUT2D eigenvalue weighted by molar-refractivity contribution is 4.86. The molecule has 0 aromatic heterocycles. The van der Waals surface area contributed by atoms with E-state index in [0.29, 0.717) is 39.6 Å². The van der Waals surface area contributed by atoms with Crippen LogP contribution in [0.25, 0.3) is 0 Å². The summed E-state index contributed by atoms with van der Waals surface area (Å²) >= 11 is 0. The smallest absolute Gasteiger partial charge is 0.111 e. The van der Waals surface area contributed by atoms with Gasteiger partial charge in [0.15, 0.2) is 0 Å². The van der Waals surface area contributed by atoms with E-state index < -0.39 is 87.3 Å². The van der Waals surface area contributed by atoms with Crippen LogP contribution in [-0.4, -0.2) is 293 Å². The summed E-state index contributed by atoms with van der Waals surface area (Å²) in [6.07, 6.45) is -15.9. The molecule has 0 saturated carbocycles. The quantitative estimate of drug-likeness (QED) is 0.0253. The second-order valence-electron chi connectivity index (χ2n) is 13.1. The molecule has 23 heteroatoms. The van der Waals surface area contributed by atoms with Crippen molar-refractivity contribution in [2.24, 2.45) is 0 Å². The minimum atomic E-state index is -1.89. The van der Waals surface area contributed by atoms with Crippen molar-refractivity contribution in [1.82, 2.24) is 10.2 Å². The molecule has 0 fully saturated rings. The molecule has 350 valence electrons. The van der Waals surface area contributed by atoms with Crippen molar-refractivity contribution in [3.63, 3.8) is 0 Å². The highest BCUT2D eigenvalue weighted by Gasteiger charge is 2.34. The van der Waals surface area contributed by atoms with Crippen LogP contribution in [0.1, 0.15) is 0 Å². The van der Waals surface area contributed by atoms with Gasteiger partial charge in [0.2, 0.25) is 0 Å². The number of nitrogens with one attached hydrogen (secondary N) is 1. The Hall–Kier alpha value is -0.920. The van der Waals surface area contributed by atoms with Crippen molar-refractivity contribution in [3.05, 3.63) is 0 Å². The fourth-order valence-electron chi connectivity index (χ4n) is 4.69. The Morgan fingerprint density at radius 3 is 0.966 bits per heavy atom. The van der Waals surface area contributed by atoms with Gasteiger partial charge in [0.1, 0.15) is 48.8 Å². The van der Waals surface area contributed by atoms with E-state index in [4.69, 9.17) is 52.8 Å². The summed E-state index contributed by atoms with van der Waals surface area (Å²) in [6.45, 7) is 2.69. The summed E-state index contributed by atoms with van der Waals surface area (Å²) in [5.74, 6) is 0. The van der Waals surface area contributed by atoms with E-state index in [1.165, 1.54) is 4.90 Å². The fraction of sp³-hybridized carbons (Fsp3) is 1.00. The predicted octanol–water partition coefficient (Wildman–Crippen LogP) is -7.75. The highest BCUT2D eigenvalue weighted by Crippen LogP contribution is 2.11. The molecule has 13 N–H and O–H groups in total. The normalized spacial score (nSPS) is 17.5. The Morgan fingerprint density at radius 2 is 0.655 bits per heavy atom. The lowest BCUT2D eigenvalue weighted by Crippen LogP contribution is -2.53. The van der Waals surface area contributed by atoms with Crippen molar-refractivity contribution in [2.75, 3.05) is 165 Å². The topological polar surface area (TPSA) is 341 Å². The van der Waals surface area contributed by atoms with Gasteiger partial charge >= 0.3 is 0 Å². The fourth-order valence-corrected chi connectivity index (χ4v) is 4.69. The first-order valence-electron chi connectivity index (χ1n) is 19.5. The third-order valence-electron chi connectivity index (χ3n) is 8.06. The number of likely N-dealkylation sites (N-methyl/N-ethyl adjacent to an activating group) is 1. The number of hydrogen-bond acceptors (Lipinski definition) is 23. The van der Waals surface area contributed by atoms with Crippen molar-refractivity contribution < 1.29 is 104 Å². The van der Waals surface area contributed by atoms with Gasteiger partial charge in [-0.2, -0.15) is 0 Å². The molecule has 0 aliphatic heterocycles. The molecule has 0 heterocycles. The van der Waals surface area contributed by atoms with Crippen molar-refractivity contribution in [1.29, 1.82) is 0 Å². The van der Waals surface area contributed by atoms with Gasteiger partial charge in [-0.25, -0.2) is 0 Å². The minimum Gasteiger partial charge on any atom is -0.394 e. The Kier molecular flexibility index (Phi) is 38.3. The van der Waals surface area contributed by atoms with E-state index in [0.717, 1.165) is 6.54 Å². The molecule has 58 heavy (non-hydrogen) atoms. The Balaban J connectivity index is 3.96. The lowest BCUT2D eigenvalue weighted by Gasteiger charge is -2.33. The predicted molar refractivity (Wildman–Crippen MR) is 202 cm³/mol. The second kappa shape index (κ2) is 39.0. The lowest BCUT2D eigenvalue weighted by molar-refractivity contribution is -0.131. The van der Waals surface area contributed by atoms with Crippen LogP contribution in [0.3, 0.4) is 0 Å². The second-order valence-corrected chi connectivity index (χ2v) is 13.1. The van der Waals surface area contributed by atoms with Gasteiger partial charge in [-0.15, -0.1) is 0 Å². The van der Waals surface area contributed by atoms with E-state index >= 15 is 0 Å². The van der Waals surface area contributed by atoms with Gasteiger partial charge in [-0.3, -0.25) is 4.90 Å². The maximum atomic E-state index is 10.4. The Labute approximate surface area is 340 Å². The molecule has 0 aromatic carbocycles. The van der Waals surface area contributed by atoms with E-state index in [1.807, 2.05) is 7.05 Å². The van der Waals surface area contributed by atoms with Crippen LogP contribution < -0.4 is 5.32 Å². The molecule has 0 aliphatic carbocycles. The maximum absolute atomic E-state index is 10.4. The molecule has 0 amide bonds. The van der Waals surface area contributed by atoms with Crippen molar-refractivity contribution in [2.45, 2.75) is 61.0 Å². The highest BCUT2D eigenvalue weighted by atomic mass is 16.6. The molecule has 0 aromatic rings. The third kappa shape index (κ3) is 31.0. The average Bonchev–Trinajstić information content (AvgIpc) is 3.22. The molecule has 0 aliphatic rings. The first-order chi connectivity index (χ1) is 27.9. The van der Waals surface area contributed by atoms with E-state index in [9.17, 15) is 51.1 Å². The molecule has 0 spiro atoms. The van der Waals surface area contributed by atoms with Crippen LogP contribution >= 0.6 is 0 Å². The molecule has 0 radical (unpaired) electrons. The van der Waals surface area contributed by atoms with E-state index in [-0.39, 0.29) is 85.8 Å².